The van der Waals surface area contributed by atoms with Crippen LogP contribution in [0.5, 0.6) is 0 Å². The minimum Gasteiger partial charge on any atom is -0.312 e. The second-order valence-electron chi connectivity index (χ2n) is 6.88. The third-order valence-corrected chi connectivity index (χ3v) is 7.16. The Morgan fingerprint density at radius 3 is 2.54 bits per heavy atom. The second-order valence-corrected chi connectivity index (χ2v) is 8.82. The predicted octanol–water partition coefficient (Wildman–Crippen LogP) is 3.07. The number of sulfonamides is 1. The Labute approximate surface area is 153 Å². The van der Waals surface area contributed by atoms with Crippen LogP contribution in [0.3, 0.4) is 0 Å². The predicted molar refractivity (Wildman–Crippen MR) is 100 cm³/mol. The summed E-state index contributed by atoms with van der Waals surface area (Å²) >= 11 is 0. The Kier molecular flexibility index (Phi) is 4.28. The van der Waals surface area contributed by atoms with Crippen LogP contribution in [0.2, 0.25) is 0 Å². The number of hydrogen-bond acceptors (Lipinski definition) is 4. The number of aryl methyl sites for hydroxylation is 2. The number of fused-ring (bicyclic) bond motifs is 1. The van der Waals surface area contributed by atoms with Crippen molar-refractivity contribution in [2.24, 2.45) is 0 Å². The number of piperidine rings is 1. The standard InChI is InChI=1S/C19H22N4O2S/c1-14-5-6-17(12-15(14)2)26(24,25)22-10-7-16(8-11-22)23-13-21-18-4-3-9-20-19(18)23/h3-6,9,12-13,16H,7-8,10-11H2,1-2H3. The van der Waals surface area contributed by atoms with Crippen molar-refractivity contribution in [3.8, 4) is 0 Å². The maximum absolute atomic E-state index is 13.0. The molecule has 2 aromatic heterocycles. The van der Waals surface area contributed by atoms with Crippen molar-refractivity contribution in [3.63, 3.8) is 0 Å². The van der Waals surface area contributed by atoms with Crippen LogP contribution < -0.4 is 0 Å². The highest BCUT2D eigenvalue weighted by molar-refractivity contribution is 7.89. The van der Waals surface area contributed by atoms with Gasteiger partial charge in [-0.15, -0.1) is 0 Å². The lowest BCUT2D eigenvalue weighted by molar-refractivity contribution is 0.276. The number of imidazole rings is 1. The molecule has 6 nitrogen and oxygen atoms in total. The summed E-state index contributed by atoms with van der Waals surface area (Å²) in [6.45, 7) is 4.94. The molecule has 26 heavy (non-hydrogen) atoms. The van der Waals surface area contributed by atoms with Gasteiger partial charge in [-0.2, -0.15) is 4.31 Å². The quantitative estimate of drug-likeness (QED) is 0.710. The average molecular weight is 370 g/mol. The van der Waals surface area contributed by atoms with E-state index in [1.807, 2.05) is 38.4 Å². The lowest BCUT2D eigenvalue weighted by atomic mass is 10.1. The van der Waals surface area contributed by atoms with Crippen molar-refractivity contribution in [2.45, 2.75) is 37.6 Å². The van der Waals surface area contributed by atoms with E-state index in [9.17, 15) is 8.42 Å². The molecule has 3 heterocycles. The lowest BCUT2D eigenvalue weighted by Crippen LogP contribution is -2.39. The van der Waals surface area contributed by atoms with Crippen molar-refractivity contribution >= 4 is 21.2 Å². The molecule has 1 aliphatic heterocycles. The fraction of sp³-hybridized carbons (Fsp3) is 0.368. The van der Waals surface area contributed by atoms with Gasteiger partial charge in [-0.25, -0.2) is 18.4 Å². The summed E-state index contributed by atoms with van der Waals surface area (Å²) in [6, 6.07) is 9.39. The summed E-state index contributed by atoms with van der Waals surface area (Å²) in [7, 11) is -3.44. The van der Waals surface area contributed by atoms with Crippen molar-refractivity contribution in [1.82, 2.24) is 18.8 Å². The fourth-order valence-electron chi connectivity index (χ4n) is 3.52. The first-order chi connectivity index (χ1) is 12.5. The Balaban J connectivity index is 1.53. The highest BCUT2D eigenvalue weighted by atomic mass is 32.2. The number of pyridine rings is 1. The van der Waals surface area contributed by atoms with E-state index in [0.29, 0.717) is 18.0 Å². The SMILES string of the molecule is Cc1ccc(S(=O)(=O)N2CCC(n3cnc4cccnc43)CC2)cc1C. The summed E-state index contributed by atoms with van der Waals surface area (Å²) in [5, 5.41) is 0. The van der Waals surface area contributed by atoms with Crippen LogP contribution in [0, 0.1) is 13.8 Å². The van der Waals surface area contributed by atoms with Crippen LogP contribution in [-0.2, 0) is 10.0 Å². The van der Waals surface area contributed by atoms with Gasteiger partial charge in [-0.1, -0.05) is 6.07 Å². The van der Waals surface area contributed by atoms with Gasteiger partial charge >= 0.3 is 0 Å². The first kappa shape index (κ1) is 17.2. The molecule has 0 N–H and O–H groups in total. The molecular weight excluding hydrogens is 348 g/mol. The van der Waals surface area contributed by atoms with Gasteiger partial charge in [0.15, 0.2) is 5.65 Å². The highest BCUT2D eigenvalue weighted by Gasteiger charge is 2.30. The molecule has 4 rings (SSSR count). The first-order valence-corrected chi connectivity index (χ1v) is 10.3. The molecule has 7 heteroatoms. The zero-order chi connectivity index (χ0) is 18.3. The van der Waals surface area contributed by atoms with E-state index >= 15 is 0 Å². The molecule has 0 unspecified atom stereocenters. The van der Waals surface area contributed by atoms with Crippen molar-refractivity contribution in [2.75, 3.05) is 13.1 Å². The molecule has 1 saturated heterocycles. The summed E-state index contributed by atoms with van der Waals surface area (Å²) in [4.78, 5) is 9.20. The summed E-state index contributed by atoms with van der Waals surface area (Å²) in [6.07, 6.45) is 5.09. The Morgan fingerprint density at radius 2 is 1.81 bits per heavy atom. The second kappa shape index (κ2) is 6.48. The molecule has 1 aromatic carbocycles. The van der Waals surface area contributed by atoms with Crippen LogP contribution in [-0.4, -0.2) is 40.3 Å². The first-order valence-electron chi connectivity index (χ1n) is 8.82. The topological polar surface area (TPSA) is 68.1 Å². The maximum Gasteiger partial charge on any atom is 0.243 e. The van der Waals surface area contributed by atoms with Gasteiger partial charge in [0, 0.05) is 25.3 Å². The van der Waals surface area contributed by atoms with E-state index in [0.717, 1.165) is 35.1 Å². The maximum atomic E-state index is 13.0. The van der Waals surface area contributed by atoms with Gasteiger partial charge < -0.3 is 4.57 Å². The van der Waals surface area contributed by atoms with E-state index in [2.05, 4.69) is 14.5 Å². The molecule has 0 spiro atoms. The third-order valence-electron chi connectivity index (χ3n) is 5.26. The van der Waals surface area contributed by atoms with Crippen LogP contribution >= 0.6 is 0 Å². The van der Waals surface area contributed by atoms with Gasteiger partial charge in [0.25, 0.3) is 0 Å². The van der Waals surface area contributed by atoms with Gasteiger partial charge in [-0.3, -0.25) is 0 Å². The number of aromatic nitrogens is 3. The van der Waals surface area contributed by atoms with Gasteiger partial charge in [0.1, 0.15) is 5.52 Å². The monoisotopic (exact) mass is 370 g/mol. The number of hydrogen-bond donors (Lipinski definition) is 0. The van der Waals surface area contributed by atoms with Crippen LogP contribution in [0.4, 0.5) is 0 Å². The van der Waals surface area contributed by atoms with Crippen molar-refractivity contribution < 1.29 is 8.42 Å². The Hall–Kier alpha value is -2.25. The van der Waals surface area contributed by atoms with E-state index in [4.69, 9.17) is 0 Å². The van der Waals surface area contributed by atoms with Crippen molar-refractivity contribution in [3.05, 3.63) is 54.0 Å². The summed E-state index contributed by atoms with van der Waals surface area (Å²) in [5.41, 5.74) is 3.83. The Morgan fingerprint density at radius 1 is 1.04 bits per heavy atom. The number of nitrogens with zero attached hydrogens (tertiary/aromatic N) is 4. The number of benzene rings is 1. The van der Waals surface area contributed by atoms with Crippen LogP contribution in [0.1, 0.15) is 30.0 Å². The highest BCUT2D eigenvalue weighted by Crippen LogP contribution is 2.29. The fourth-order valence-corrected chi connectivity index (χ4v) is 5.07. The zero-order valence-corrected chi connectivity index (χ0v) is 15.8. The van der Waals surface area contributed by atoms with E-state index < -0.39 is 10.0 Å². The lowest BCUT2D eigenvalue weighted by Gasteiger charge is -2.32. The molecular formula is C19H22N4O2S. The summed E-state index contributed by atoms with van der Waals surface area (Å²) < 4.78 is 29.6. The van der Waals surface area contributed by atoms with Crippen LogP contribution in [0.25, 0.3) is 11.2 Å². The molecule has 0 saturated carbocycles. The molecule has 0 bridgehead atoms. The van der Waals surface area contributed by atoms with E-state index in [-0.39, 0.29) is 6.04 Å². The number of rotatable bonds is 3. The smallest absolute Gasteiger partial charge is 0.243 e. The molecule has 3 aromatic rings. The molecule has 1 fully saturated rings. The average Bonchev–Trinajstić information content (AvgIpc) is 3.08. The third kappa shape index (κ3) is 2.91. The molecule has 1 aliphatic rings. The molecule has 136 valence electrons. The van der Waals surface area contributed by atoms with Crippen molar-refractivity contribution in [1.29, 1.82) is 0 Å². The minimum absolute atomic E-state index is 0.223. The van der Waals surface area contributed by atoms with Crippen LogP contribution in [0.15, 0.2) is 47.8 Å². The zero-order valence-electron chi connectivity index (χ0n) is 15.0. The molecule has 0 aliphatic carbocycles. The van der Waals surface area contributed by atoms with Gasteiger partial charge in [-0.05, 0) is 62.1 Å². The van der Waals surface area contributed by atoms with Gasteiger partial charge in [0.2, 0.25) is 10.0 Å². The van der Waals surface area contributed by atoms with Gasteiger partial charge in [0.05, 0.1) is 11.2 Å². The Bertz CT molecular complexity index is 1050. The molecule has 0 amide bonds. The largest absolute Gasteiger partial charge is 0.312 e. The summed E-state index contributed by atoms with van der Waals surface area (Å²) in [5.74, 6) is 0. The van der Waals surface area contributed by atoms with E-state index in [1.54, 1.807) is 22.6 Å². The van der Waals surface area contributed by atoms with E-state index in [1.165, 1.54) is 0 Å². The molecule has 0 atom stereocenters. The molecule has 0 radical (unpaired) electrons. The normalized spacial score (nSPS) is 17.0. The minimum atomic E-state index is -3.44.